The van der Waals surface area contributed by atoms with Gasteiger partial charge in [0.05, 0.1) is 12.1 Å². The lowest BCUT2D eigenvalue weighted by molar-refractivity contribution is -0.114. The van der Waals surface area contributed by atoms with E-state index in [4.69, 9.17) is 16.3 Å². The molecule has 3 nitrogen and oxygen atoms in total. The Bertz CT molecular complexity index is 325. The minimum Gasteiger partial charge on any atom is -0.495 e. The topological polar surface area (TPSA) is 38.3 Å². The highest BCUT2D eigenvalue weighted by molar-refractivity contribution is 6.32. The quantitative estimate of drug-likeness (QED) is 0.794. The first-order valence-electron chi connectivity index (χ1n) is 3.74. The van der Waals surface area contributed by atoms with Crippen LogP contribution >= 0.6 is 11.6 Å². The Morgan fingerprint density at radius 1 is 1.54 bits per heavy atom. The number of benzene rings is 1. The highest BCUT2D eigenvalue weighted by atomic mass is 35.5. The van der Waals surface area contributed by atoms with E-state index in [9.17, 15) is 4.79 Å². The number of rotatable bonds is 2. The van der Waals surface area contributed by atoms with Gasteiger partial charge in [-0.25, -0.2) is 0 Å². The van der Waals surface area contributed by atoms with E-state index in [-0.39, 0.29) is 5.91 Å². The van der Waals surface area contributed by atoms with E-state index in [1.165, 1.54) is 14.0 Å². The Morgan fingerprint density at radius 3 is 2.77 bits per heavy atom. The fourth-order valence-corrected chi connectivity index (χ4v) is 1.14. The number of ether oxygens (including phenoxy) is 1. The van der Waals surface area contributed by atoms with E-state index in [1.54, 1.807) is 18.2 Å². The maximum Gasteiger partial charge on any atom is 0.221 e. The van der Waals surface area contributed by atoms with Crippen LogP contribution in [-0.4, -0.2) is 13.0 Å². The number of methoxy groups -OCH3 is 1. The van der Waals surface area contributed by atoms with E-state index in [0.717, 1.165) is 0 Å². The van der Waals surface area contributed by atoms with Crippen molar-refractivity contribution in [1.82, 2.24) is 0 Å². The number of hydrogen-bond donors (Lipinski definition) is 1. The van der Waals surface area contributed by atoms with Gasteiger partial charge < -0.3 is 10.1 Å². The van der Waals surface area contributed by atoms with Crippen LogP contribution in [0.5, 0.6) is 5.75 Å². The van der Waals surface area contributed by atoms with E-state index < -0.39 is 0 Å². The van der Waals surface area contributed by atoms with Crippen molar-refractivity contribution in [2.45, 2.75) is 6.92 Å². The van der Waals surface area contributed by atoms with Gasteiger partial charge in [0.1, 0.15) is 5.75 Å². The summed E-state index contributed by atoms with van der Waals surface area (Å²) in [5.41, 5.74) is 0.675. The molecule has 0 aliphatic rings. The van der Waals surface area contributed by atoms with Gasteiger partial charge in [0.25, 0.3) is 0 Å². The summed E-state index contributed by atoms with van der Waals surface area (Å²) >= 11 is 5.80. The Morgan fingerprint density at radius 2 is 2.23 bits per heavy atom. The molecule has 0 saturated heterocycles. The summed E-state index contributed by atoms with van der Waals surface area (Å²) < 4.78 is 4.98. The van der Waals surface area contributed by atoms with Gasteiger partial charge in [0.15, 0.2) is 0 Å². The Hall–Kier alpha value is -1.22. The van der Waals surface area contributed by atoms with Crippen LogP contribution in [0.4, 0.5) is 5.69 Å². The van der Waals surface area contributed by atoms with Crippen LogP contribution in [0, 0.1) is 0 Å². The summed E-state index contributed by atoms with van der Waals surface area (Å²) in [5, 5.41) is 3.15. The van der Waals surface area contributed by atoms with Crippen LogP contribution in [-0.2, 0) is 4.79 Å². The number of hydrogen-bond acceptors (Lipinski definition) is 2. The predicted octanol–water partition coefficient (Wildman–Crippen LogP) is 2.31. The summed E-state index contributed by atoms with van der Waals surface area (Å²) in [5.74, 6) is 0.428. The Kier molecular flexibility index (Phi) is 3.14. The van der Waals surface area contributed by atoms with Crippen molar-refractivity contribution in [2.75, 3.05) is 12.4 Å². The van der Waals surface area contributed by atoms with Gasteiger partial charge in [0.2, 0.25) is 5.91 Å². The zero-order valence-electron chi connectivity index (χ0n) is 7.43. The Labute approximate surface area is 81.7 Å². The first-order chi connectivity index (χ1) is 6.13. The molecule has 1 amide bonds. The maximum absolute atomic E-state index is 10.7. The summed E-state index contributed by atoms with van der Waals surface area (Å²) in [6, 6.07) is 5.06. The Balaban J connectivity index is 2.92. The number of amides is 1. The molecule has 0 unspecified atom stereocenters. The molecule has 0 radical (unpaired) electrons. The molecule has 70 valence electrons. The molecule has 0 aliphatic heterocycles. The normalized spacial score (nSPS) is 9.46. The average molecular weight is 200 g/mol. The van der Waals surface area contributed by atoms with Gasteiger partial charge in [-0.05, 0) is 12.1 Å². The minimum atomic E-state index is -0.121. The first kappa shape index (κ1) is 9.86. The molecule has 0 heterocycles. The molecule has 0 fully saturated rings. The van der Waals surface area contributed by atoms with E-state index in [1.807, 2.05) is 0 Å². The molecule has 0 spiro atoms. The predicted molar refractivity (Wildman–Crippen MR) is 52.3 cm³/mol. The third kappa shape index (κ3) is 2.63. The standard InChI is InChI=1S/C9H10ClNO2/c1-6(12)11-7-3-4-8(10)9(5-7)13-2/h3-5H,1-2H3,(H,11,12). The second-order valence-electron chi connectivity index (χ2n) is 2.53. The highest BCUT2D eigenvalue weighted by Crippen LogP contribution is 2.27. The van der Waals surface area contributed by atoms with Crippen LogP contribution < -0.4 is 10.1 Å². The van der Waals surface area contributed by atoms with Crippen molar-refractivity contribution in [3.63, 3.8) is 0 Å². The molecule has 1 rings (SSSR count). The second kappa shape index (κ2) is 4.14. The summed E-state index contributed by atoms with van der Waals surface area (Å²) in [4.78, 5) is 10.7. The molecular formula is C9H10ClNO2. The fraction of sp³-hybridized carbons (Fsp3) is 0.222. The SMILES string of the molecule is COc1cc(NC(C)=O)ccc1Cl. The van der Waals surface area contributed by atoms with Gasteiger partial charge in [0, 0.05) is 18.7 Å². The lowest BCUT2D eigenvalue weighted by atomic mass is 10.3. The van der Waals surface area contributed by atoms with E-state index in [0.29, 0.717) is 16.5 Å². The molecule has 1 N–H and O–H groups in total. The molecule has 0 bridgehead atoms. The van der Waals surface area contributed by atoms with Crippen LogP contribution in [0.1, 0.15) is 6.92 Å². The number of carbonyl (C=O) groups is 1. The number of halogens is 1. The van der Waals surface area contributed by atoms with Gasteiger partial charge in [-0.1, -0.05) is 11.6 Å². The molecule has 0 aliphatic carbocycles. The van der Waals surface area contributed by atoms with Gasteiger partial charge >= 0.3 is 0 Å². The van der Waals surface area contributed by atoms with Crippen molar-refractivity contribution in [1.29, 1.82) is 0 Å². The third-order valence-corrected chi connectivity index (χ3v) is 1.78. The highest BCUT2D eigenvalue weighted by Gasteiger charge is 2.02. The zero-order chi connectivity index (χ0) is 9.84. The number of nitrogens with one attached hydrogen (secondary N) is 1. The first-order valence-corrected chi connectivity index (χ1v) is 4.12. The van der Waals surface area contributed by atoms with Gasteiger partial charge in [-0.15, -0.1) is 0 Å². The molecule has 0 aromatic heterocycles. The second-order valence-corrected chi connectivity index (χ2v) is 2.94. The summed E-state index contributed by atoms with van der Waals surface area (Å²) in [7, 11) is 1.53. The monoisotopic (exact) mass is 199 g/mol. The molecule has 1 aromatic carbocycles. The molecular weight excluding hydrogens is 190 g/mol. The summed E-state index contributed by atoms with van der Waals surface area (Å²) in [6.07, 6.45) is 0. The van der Waals surface area contributed by atoms with Gasteiger partial charge in [-0.2, -0.15) is 0 Å². The maximum atomic E-state index is 10.7. The van der Waals surface area contributed by atoms with Crippen LogP contribution in [0.15, 0.2) is 18.2 Å². The average Bonchev–Trinajstić information content (AvgIpc) is 2.07. The summed E-state index contributed by atoms with van der Waals surface area (Å²) in [6.45, 7) is 1.45. The molecule has 0 atom stereocenters. The van der Waals surface area contributed by atoms with Crippen molar-refractivity contribution in [2.24, 2.45) is 0 Å². The van der Waals surface area contributed by atoms with Gasteiger partial charge in [-0.3, -0.25) is 4.79 Å². The van der Waals surface area contributed by atoms with Crippen molar-refractivity contribution in [3.8, 4) is 5.75 Å². The van der Waals surface area contributed by atoms with Crippen LogP contribution in [0.3, 0.4) is 0 Å². The minimum absolute atomic E-state index is 0.121. The smallest absolute Gasteiger partial charge is 0.221 e. The lowest BCUT2D eigenvalue weighted by Gasteiger charge is -2.06. The van der Waals surface area contributed by atoms with Crippen molar-refractivity contribution >= 4 is 23.2 Å². The molecule has 1 aromatic rings. The van der Waals surface area contributed by atoms with Crippen molar-refractivity contribution in [3.05, 3.63) is 23.2 Å². The third-order valence-electron chi connectivity index (χ3n) is 1.47. The lowest BCUT2D eigenvalue weighted by Crippen LogP contribution is -2.05. The van der Waals surface area contributed by atoms with E-state index in [2.05, 4.69) is 5.32 Å². The molecule has 0 saturated carbocycles. The van der Waals surface area contributed by atoms with Crippen LogP contribution in [0.2, 0.25) is 5.02 Å². The fourth-order valence-electron chi connectivity index (χ4n) is 0.941. The van der Waals surface area contributed by atoms with E-state index >= 15 is 0 Å². The van der Waals surface area contributed by atoms with Crippen molar-refractivity contribution < 1.29 is 9.53 Å². The van der Waals surface area contributed by atoms with Crippen LogP contribution in [0.25, 0.3) is 0 Å². The number of anilines is 1. The largest absolute Gasteiger partial charge is 0.495 e. The molecule has 4 heteroatoms. The zero-order valence-corrected chi connectivity index (χ0v) is 8.18. The number of carbonyl (C=O) groups excluding carboxylic acids is 1. The molecule has 13 heavy (non-hydrogen) atoms.